The quantitative estimate of drug-likeness (QED) is 0.485. The number of carbonyl (C=O) groups is 2. The van der Waals surface area contributed by atoms with Gasteiger partial charge in [-0.2, -0.15) is 0 Å². The molecule has 1 aliphatic heterocycles. The van der Waals surface area contributed by atoms with Gasteiger partial charge in [0.2, 0.25) is 12.2 Å². The van der Waals surface area contributed by atoms with Crippen molar-refractivity contribution in [3.63, 3.8) is 0 Å². The Labute approximate surface area is 137 Å². The Bertz CT molecular complexity index is 842. The van der Waals surface area contributed by atoms with Gasteiger partial charge in [-0.05, 0) is 47.0 Å². The van der Waals surface area contributed by atoms with Crippen LogP contribution in [-0.4, -0.2) is 32.2 Å². The first-order chi connectivity index (χ1) is 11.4. The van der Waals surface area contributed by atoms with Gasteiger partial charge in [-0.25, -0.2) is 0 Å². The van der Waals surface area contributed by atoms with Gasteiger partial charge in [-0.1, -0.05) is 0 Å². The molecule has 0 radical (unpaired) electrons. The predicted octanol–water partition coefficient (Wildman–Crippen LogP) is 1.97. The third-order valence-electron chi connectivity index (χ3n) is 4.09. The molecule has 1 aromatic carbocycles. The Hall–Kier alpha value is -3.03. The molecule has 0 N–H and O–H groups in total. The average molecular weight is 328 g/mol. The second-order valence-corrected chi connectivity index (χ2v) is 5.87. The van der Waals surface area contributed by atoms with E-state index in [4.69, 9.17) is 0 Å². The van der Waals surface area contributed by atoms with Gasteiger partial charge in [0.05, 0.1) is 6.54 Å². The van der Waals surface area contributed by atoms with Crippen molar-refractivity contribution in [2.75, 3.05) is 4.90 Å². The van der Waals surface area contributed by atoms with Crippen molar-refractivity contribution in [2.24, 2.45) is 0 Å². The van der Waals surface area contributed by atoms with Crippen LogP contribution in [0.5, 0.6) is 0 Å². The molecular formula is C16H16N4O4. The molecule has 2 heterocycles. The fourth-order valence-corrected chi connectivity index (χ4v) is 3.07. The largest absolute Gasteiger partial charge is 0.381 e. The van der Waals surface area contributed by atoms with Gasteiger partial charge in [0.15, 0.2) is 5.78 Å². The van der Waals surface area contributed by atoms with E-state index >= 15 is 0 Å². The highest BCUT2D eigenvalue weighted by Gasteiger charge is 2.29. The van der Waals surface area contributed by atoms with E-state index in [2.05, 4.69) is 4.98 Å². The lowest BCUT2D eigenvalue weighted by Gasteiger charge is -2.20. The summed E-state index contributed by atoms with van der Waals surface area (Å²) >= 11 is 0. The van der Waals surface area contributed by atoms with Crippen molar-refractivity contribution >= 4 is 23.2 Å². The van der Waals surface area contributed by atoms with Crippen molar-refractivity contribution in [2.45, 2.75) is 32.9 Å². The van der Waals surface area contributed by atoms with E-state index < -0.39 is 4.92 Å². The zero-order valence-electron chi connectivity index (χ0n) is 13.3. The number of fused-ring (bicyclic) bond motifs is 1. The Morgan fingerprint density at radius 2 is 2.17 bits per heavy atom. The second kappa shape index (κ2) is 5.88. The van der Waals surface area contributed by atoms with E-state index in [1.54, 1.807) is 23.1 Å². The van der Waals surface area contributed by atoms with Crippen LogP contribution < -0.4 is 4.90 Å². The van der Waals surface area contributed by atoms with E-state index in [-0.39, 0.29) is 30.1 Å². The number of aromatic nitrogens is 2. The van der Waals surface area contributed by atoms with Crippen LogP contribution >= 0.6 is 0 Å². The average Bonchev–Trinajstić information content (AvgIpc) is 3.09. The summed E-state index contributed by atoms with van der Waals surface area (Å²) in [6.45, 7) is 3.47. The van der Waals surface area contributed by atoms with E-state index in [1.165, 1.54) is 24.0 Å². The van der Waals surface area contributed by atoms with Gasteiger partial charge in [-0.15, -0.1) is 0 Å². The fraction of sp³-hybridized carbons (Fsp3) is 0.312. The maximum Gasteiger partial charge on any atom is 0.381 e. The van der Waals surface area contributed by atoms with Gasteiger partial charge >= 0.3 is 5.82 Å². The zero-order chi connectivity index (χ0) is 17.4. The summed E-state index contributed by atoms with van der Waals surface area (Å²) in [5, 5.41) is 10.6. The van der Waals surface area contributed by atoms with E-state index in [1.807, 2.05) is 6.92 Å². The van der Waals surface area contributed by atoms with Gasteiger partial charge in [0.1, 0.15) is 6.20 Å². The number of Topliss-reactive ketones (excluding diaryl/α,β-unsaturated/α-hetero) is 1. The van der Waals surface area contributed by atoms with Crippen molar-refractivity contribution in [3.8, 4) is 0 Å². The van der Waals surface area contributed by atoms with Crippen LogP contribution in [0, 0.1) is 10.1 Å². The van der Waals surface area contributed by atoms with E-state index in [0.29, 0.717) is 12.0 Å². The lowest BCUT2D eigenvalue weighted by Crippen LogP contribution is -2.33. The van der Waals surface area contributed by atoms with Crippen LogP contribution in [0.2, 0.25) is 0 Å². The van der Waals surface area contributed by atoms with Crippen LogP contribution in [0.25, 0.3) is 0 Å². The Kier molecular flexibility index (Phi) is 3.88. The van der Waals surface area contributed by atoms with Crippen LogP contribution in [-0.2, 0) is 17.8 Å². The summed E-state index contributed by atoms with van der Waals surface area (Å²) < 4.78 is 1.39. The number of anilines is 1. The highest BCUT2D eigenvalue weighted by atomic mass is 16.6. The number of rotatable bonds is 4. The maximum atomic E-state index is 12.4. The van der Waals surface area contributed by atoms with Gasteiger partial charge in [-0.3, -0.25) is 9.59 Å². The smallest absolute Gasteiger partial charge is 0.358 e. The maximum absolute atomic E-state index is 12.4. The van der Waals surface area contributed by atoms with Crippen LogP contribution in [0.1, 0.15) is 29.8 Å². The molecule has 0 aliphatic carbocycles. The topological polar surface area (TPSA) is 98.3 Å². The molecule has 0 spiro atoms. The predicted molar refractivity (Wildman–Crippen MR) is 86.0 cm³/mol. The van der Waals surface area contributed by atoms with Crippen molar-refractivity contribution in [1.82, 2.24) is 9.55 Å². The zero-order valence-corrected chi connectivity index (χ0v) is 13.3. The van der Waals surface area contributed by atoms with Crippen LogP contribution in [0.4, 0.5) is 11.5 Å². The summed E-state index contributed by atoms with van der Waals surface area (Å²) in [7, 11) is 0. The first-order valence-electron chi connectivity index (χ1n) is 7.49. The number of imidazole rings is 1. The molecule has 24 heavy (non-hydrogen) atoms. The fourth-order valence-electron chi connectivity index (χ4n) is 3.07. The highest BCUT2D eigenvalue weighted by Crippen LogP contribution is 2.33. The first kappa shape index (κ1) is 15.9. The second-order valence-electron chi connectivity index (χ2n) is 5.87. The molecule has 0 saturated carbocycles. The number of benzene rings is 1. The van der Waals surface area contributed by atoms with E-state index in [0.717, 1.165) is 11.3 Å². The number of nitro groups is 1. The van der Waals surface area contributed by atoms with Crippen LogP contribution in [0.15, 0.2) is 30.7 Å². The van der Waals surface area contributed by atoms with E-state index in [9.17, 15) is 19.7 Å². The van der Waals surface area contributed by atoms with Gasteiger partial charge < -0.3 is 19.6 Å². The molecule has 0 fully saturated rings. The van der Waals surface area contributed by atoms with Crippen molar-refractivity contribution < 1.29 is 14.5 Å². The van der Waals surface area contributed by atoms with Crippen molar-refractivity contribution in [1.29, 1.82) is 0 Å². The third-order valence-corrected chi connectivity index (χ3v) is 4.09. The highest BCUT2D eigenvalue weighted by molar-refractivity contribution is 5.99. The SMILES string of the molecule is CC(=O)N1c2ccc(C(=O)Cn3cnc([N+](=O)[O-])c3)cc2CC1C. The lowest BCUT2D eigenvalue weighted by atomic mass is 10.0. The number of hydrogen-bond acceptors (Lipinski definition) is 5. The molecule has 124 valence electrons. The standard InChI is InChI=1S/C16H16N4O4/c1-10-5-13-6-12(3-4-14(13)19(10)11(2)21)15(22)7-18-8-16(17-9-18)20(23)24/h3-4,6,8-10H,5,7H2,1-2H3. The molecule has 3 rings (SSSR count). The number of nitrogens with zero attached hydrogens (tertiary/aromatic N) is 4. The molecule has 8 heteroatoms. The minimum Gasteiger partial charge on any atom is -0.358 e. The molecule has 1 atom stereocenters. The number of carbonyl (C=O) groups excluding carboxylic acids is 2. The van der Waals surface area contributed by atoms with Crippen LogP contribution in [0.3, 0.4) is 0 Å². The van der Waals surface area contributed by atoms with Gasteiger partial charge in [0, 0.05) is 24.2 Å². The summed E-state index contributed by atoms with van der Waals surface area (Å²) in [4.78, 5) is 39.5. The number of hydrogen-bond donors (Lipinski definition) is 0. The normalized spacial score (nSPS) is 16.1. The molecule has 1 aliphatic rings. The third kappa shape index (κ3) is 2.78. The molecule has 2 aromatic rings. The Morgan fingerprint density at radius 3 is 2.79 bits per heavy atom. The lowest BCUT2D eigenvalue weighted by molar-refractivity contribution is -0.389. The number of ketones is 1. The molecule has 8 nitrogen and oxygen atoms in total. The Balaban J connectivity index is 1.81. The summed E-state index contributed by atoms with van der Waals surface area (Å²) in [6.07, 6.45) is 3.19. The molecule has 0 bridgehead atoms. The number of amides is 1. The molecular weight excluding hydrogens is 312 g/mol. The van der Waals surface area contributed by atoms with Gasteiger partial charge in [0.25, 0.3) is 0 Å². The Morgan fingerprint density at radius 1 is 1.42 bits per heavy atom. The first-order valence-corrected chi connectivity index (χ1v) is 7.49. The summed E-state index contributed by atoms with van der Waals surface area (Å²) in [5.74, 6) is -0.479. The molecule has 1 amide bonds. The molecule has 1 aromatic heterocycles. The van der Waals surface area contributed by atoms with Crippen molar-refractivity contribution in [3.05, 3.63) is 52.0 Å². The summed E-state index contributed by atoms with van der Waals surface area (Å²) in [5.41, 5.74) is 2.31. The minimum absolute atomic E-state index is 0.0222. The summed E-state index contributed by atoms with van der Waals surface area (Å²) in [6, 6.07) is 5.33. The molecule has 0 saturated heterocycles. The monoisotopic (exact) mass is 328 g/mol. The minimum atomic E-state index is -0.603. The molecule has 1 unspecified atom stereocenters.